The zero-order chi connectivity index (χ0) is 34.7. The summed E-state index contributed by atoms with van der Waals surface area (Å²) >= 11 is 0. The Hall–Kier alpha value is -4.71. The zero-order valence-electron chi connectivity index (χ0n) is 28.5. The molecule has 0 saturated carbocycles. The summed E-state index contributed by atoms with van der Waals surface area (Å²) in [7, 11) is 0. The minimum absolute atomic E-state index is 0.0560. The zero-order valence-corrected chi connectivity index (χ0v) is 28.5. The van der Waals surface area contributed by atoms with Gasteiger partial charge >= 0.3 is 0 Å². The third-order valence-electron chi connectivity index (χ3n) is 9.18. The third-order valence-corrected chi connectivity index (χ3v) is 9.18. The summed E-state index contributed by atoms with van der Waals surface area (Å²) in [4.78, 5) is 14.0. The molecule has 2 aliphatic rings. The molecule has 3 heterocycles. The second-order valence-corrected chi connectivity index (χ2v) is 13.1. The van der Waals surface area contributed by atoms with Crippen molar-refractivity contribution in [3.8, 4) is 0 Å². The van der Waals surface area contributed by atoms with Crippen LogP contribution in [0, 0.1) is 0 Å². The van der Waals surface area contributed by atoms with Crippen LogP contribution in [-0.4, -0.2) is 64.1 Å². The van der Waals surface area contributed by atoms with Crippen molar-refractivity contribution < 1.29 is 28.5 Å². The second-order valence-electron chi connectivity index (χ2n) is 13.1. The number of carbonyl (C=O) groups excluding carboxylic acids is 1. The Morgan fingerprint density at radius 1 is 0.667 bits per heavy atom. The predicted molar refractivity (Wildman–Crippen MR) is 190 cm³/mol. The van der Waals surface area contributed by atoms with Crippen molar-refractivity contribution in [1.29, 1.82) is 0 Å². The van der Waals surface area contributed by atoms with Gasteiger partial charge in [-0.3, -0.25) is 4.79 Å². The quantitative estimate of drug-likeness (QED) is 0.196. The largest absolute Gasteiger partial charge is 0.373 e. The Kier molecular flexibility index (Phi) is 11.9. The predicted octanol–water partition coefficient (Wildman–Crippen LogP) is 5.45. The van der Waals surface area contributed by atoms with Crippen molar-refractivity contribution in [3.05, 3.63) is 155 Å². The van der Waals surface area contributed by atoms with E-state index in [4.69, 9.17) is 23.7 Å². The van der Waals surface area contributed by atoms with Crippen LogP contribution in [0.3, 0.4) is 0 Å². The van der Waals surface area contributed by atoms with E-state index in [0.29, 0.717) is 45.1 Å². The lowest BCUT2D eigenvalue weighted by molar-refractivity contribution is -0.267. The van der Waals surface area contributed by atoms with Gasteiger partial charge < -0.3 is 29.0 Å². The number of nitrogens with one attached hydrogen (secondary N) is 1. The maximum absolute atomic E-state index is 14.0. The number of hydrogen-bond donors (Lipinski definition) is 1. The van der Waals surface area contributed by atoms with Gasteiger partial charge in [-0.25, -0.2) is 4.68 Å². The van der Waals surface area contributed by atoms with Crippen LogP contribution in [0.5, 0.6) is 0 Å². The first-order valence-corrected chi connectivity index (χ1v) is 17.6. The van der Waals surface area contributed by atoms with Gasteiger partial charge in [-0.2, -0.15) is 0 Å². The molecule has 264 valence electrons. The molecule has 4 aromatic carbocycles. The molecular formula is C41H44N4O6. The van der Waals surface area contributed by atoms with Crippen LogP contribution < -0.4 is 5.32 Å². The number of aromatic nitrogens is 3. The molecule has 0 aliphatic carbocycles. The Balaban J connectivity index is 1.23. The normalized spacial score (nSPS) is 24.0. The SMILES string of the molecule is O=C1C[C@H]2O[C@H](Cn3cc(nn3)COC[C@H](Cc3ccccc3)N1)[C@@H](OCc1ccccc1)[C@H](OCc1ccccc1)[C@H]2OCc1ccccc1. The maximum Gasteiger partial charge on any atom is 0.223 e. The molecule has 7 rings (SSSR count). The summed E-state index contributed by atoms with van der Waals surface area (Å²) in [5, 5.41) is 12.0. The number of hydrogen-bond acceptors (Lipinski definition) is 8. The molecule has 1 aromatic heterocycles. The minimum atomic E-state index is -0.653. The fourth-order valence-electron chi connectivity index (χ4n) is 6.70. The van der Waals surface area contributed by atoms with Gasteiger partial charge in [0.15, 0.2) is 0 Å². The van der Waals surface area contributed by atoms with E-state index in [0.717, 1.165) is 22.3 Å². The Labute approximate surface area is 298 Å². The smallest absolute Gasteiger partial charge is 0.223 e. The van der Waals surface area contributed by atoms with Crippen LogP contribution in [0.2, 0.25) is 0 Å². The van der Waals surface area contributed by atoms with Crippen LogP contribution in [0.15, 0.2) is 128 Å². The molecule has 0 spiro atoms. The molecule has 10 heteroatoms. The van der Waals surface area contributed by atoms with E-state index in [1.165, 1.54) is 0 Å². The number of rotatable bonds is 11. The molecule has 1 N–H and O–H groups in total. The molecule has 1 saturated heterocycles. The van der Waals surface area contributed by atoms with E-state index in [-0.39, 0.29) is 25.0 Å². The van der Waals surface area contributed by atoms with Crippen LogP contribution >= 0.6 is 0 Å². The third kappa shape index (κ3) is 9.75. The molecule has 6 atom stereocenters. The first kappa shape index (κ1) is 34.7. The average Bonchev–Trinajstić information content (AvgIpc) is 3.61. The first-order valence-electron chi connectivity index (χ1n) is 17.6. The highest BCUT2D eigenvalue weighted by Gasteiger charge is 2.49. The molecule has 4 bridgehead atoms. The Morgan fingerprint density at radius 3 is 1.75 bits per heavy atom. The molecule has 0 radical (unpaired) electrons. The van der Waals surface area contributed by atoms with E-state index in [9.17, 15) is 4.79 Å². The molecule has 1 amide bonds. The molecule has 2 aliphatic heterocycles. The lowest BCUT2D eigenvalue weighted by atomic mass is 9.91. The Bertz CT molecular complexity index is 1780. The summed E-state index contributed by atoms with van der Waals surface area (Å²) in [5.41, 5.74) is 4.83. The molecule has 10 nitrogen and oxygen atoms in total. The van der Waals surface area contributed by atoms with Crippen molar-refractivity contribution in [2.24, 2.45) is 0 Å². The lowest BCUT2D eigenvalue weighted by Crippen LogP contribution is -2.61. The van der Waals surface area contributed by atoms with Crippen LogP contribution in [-0.2, 0) is 67.9 Å². The summed E-state index contributed by atoms with van der Waals surface area (Å²) in [6.45, 7) is 1.89. The lowest BCUT2D eigenvalue weighted by Gasteiger charge is -2.46. The highest BCUT2D eigenvalue weighted by molar-refractivity contribution is 5.77. The van der Waals surface area contributed by atoms with Gasteiger partial charge in [-0.1, -0.05) is 127 Å². The van der Waals surface area contributed by atoms with Gasteiger partial charge in [0, 0.05) is 0 Å². The fraction of sp³-hybridized carbons (Fsp3) is 0.341. The summed E-state index contributed by atoms with van der Waals surface area (Å²) in [5.74, 6) is -0.156. The van der Waals surface area contributed by atoms with Crippen LogP contribution in [0.4, 0.5) is 0 Å². The fourth-order valence-corrected chi connectivity index (χ4v) is 6.70. The summed E-state index contributed by atoms with van der Waals surface area (Å²) < 4.78 is 35.0. The molecule has 5 aromatic rings. The molecule has 1 fully saturated rings. The number of carbonyl (C=O) groups is 1. The van der Waals surface area contributed by atoms with Gasteiger partial charge in [0.05, 0.1) is 64.3 Å². The average molecular weight is 689 g/mol. The van der Waals surface area contributed by atoms with Crippen molar-refractivity contribution >= 4 is 5.91 Å². The number of benzene rings is 4. The van der Waals surface area contributed by atoms with Gasteiger partial charge in [0.25, 0.3) is 0 Å². The van der Waals surface area contributed by atoms with Crippen LogP contribution in [0.1, 0.15) is 34.4 Å². The summed E-state index contributed by atoms with van der Waals surface area (Å²) in [6.07, 6.45) is -0.450. The second kappa shape index (κ2) is 17.5. The highest BCUT2D eigenvalue weighted by atomic mass is 16.6. The number of nitrogens with zero attached hydrogens (tertiary/aromatic N) is 3. The van der Waals surface area contributed by atoms with E-state index in [1.54, 1.807) is 4.68 Å². The van der Waals surface area contributed by atoms with Crippen molar-refractivity contribution in [2.75, 3.05) is 6.61 Å². The van der Waals surface area contributed by atoms with Crippen molar-refractivity contribution in [1.82, 2.24) is 20.3 Å². The van der Waals surface area contributed by atoms with Gasteiger partial charge in [0.2, 0.25) is 5.91 Å². The molecule has 51 heavy (non-hydrogen) atoms. The van der Waals surface area contributed by atoms with Crippen molar-refractivity contribution in [2.45, 2.75) is 82.4 Å². The Morgan fingerprint density at radius 2 is 1.18 bits per heavy atom. The monoisotopic (exact) mass is 688 g/mol. The highest BCUT2D eigenvalue weighted by Crippen LogP contribution is 2.33. The minimum Gasteiger partial charge on any atom is -0.373 e. The summed E-state index contributed by atoms with van der Waals surface area (Å²) in [6, 6.07) is 39.9. The molecule has 0 unspecified atom stereocenters. The van der Waals surface area contributed by atoms with E-state index in [1.807, 2.05) is 115 Å². The number of fused-ring (bicyclic) bond motifs is 4. The standard InChI is InChI=1S/C41H44N4O6/c46-38-22-36-39(48-25-31-15-7-2-8-16-31)41(50-27-33-19-11-4-12-20-33)40(49-26-32-17-9-3-10-18-32)37(51-36)24-45-23-35(43-44-45)29-47-28-34(42-38)21-30-13-5-1-6-14-30/h1-20,23,34,36-37,39-41H,21-22,24-29H2,(H,42,46)/t34-,36+,37+,39-,40+,41+/m0/s1. The van der Waals surface area contributed by atoms with Crippen molar-refractivity contribution in [3.63, 3.8) is 0 Å². The molecular weight excluding hydrogens is 644 g/mol. The maximum atomic E-state index is 14.0. The number of amides is 1. The van der Waals surface area contributed by atoms with Gasteiger partial charge in [-0.15, -0.1) is 5.10 Å². The van der Waals surface area contributed by atoms with E-state index >= 15 is 0 Å². The van der Waals surface area contributed by atoms with E-state index < -0.39 is 30.5 Å². The first-order chi connectivity index (χ1) is 25.2. The van der Waals surface area contributed by atoms with Gasteiger partial charge in [0.1, 0.15) is 30.1 Å². The number of ether oxygens (including phenoxy) is 5. The van der Waals surface area contributed by atoms with Crippen LogP contribution in [0.25, 0.3) is 0 Å². The topological polar surface area (TPSA) is 106 Å². The van der Waals surface area contributed by atoms with E-state index in [2.05, 4.69) is 27.8 Å². The van der Waals surface area contributed by atoms with Gasteiger partial charge in [-0.05, 0) is 28.7 Å².